The number of carboxylic acids is 1. The standard InChI is InChI=1S/C13H13F3N2O4/c14-13(15,16)6-22-10-4-1-7(5-17-10)18-11(19)8-2-3-9(8)12(20)21/h1,4-5,8-9H,2-3,6H2,(H,18,19)(H,20,21). The first-order chi connectivity index (χ1) is 10.3. The summed E-state index contributed by atoms with van der Waals surface area (Å²) in [5.41, 5.74) is 0.264. The van der Waals surface area contributed by atoms with E-state index in [2.05, 4.69) is 15.0 Å². The van der Waals surface area contributed by atoms with Gasteiger partial charge in [0.05, 0.1) is 23.7 Å². The molecule has 2 atom stereocenters. The minimum absolute atomic E-state index is 0.220. The Morgan fingerprint density at radius 2 is 2.00 bits per heavy atom. The van der Waals surface area contributed by atoms with Crippen molar-refractivity contribution in [2.45, 2.75) is 19.0 Å². The number of carbonyl (C=O) groups is 2. The van der Waals surface area contributed by atoms with Crippen molar-refractivity contribution < 1.29 is 32.6 Å². The Balaban J connectivity index is 1.88. The van der Waals surface area contributed by atoms with Gasteiger partial charge in [-0.1, -0.05) is 0 Å². The third kappa shape index (κ3) is 4.09. The summed E-state index contributed by atoms with van der Waals surface area (Å²) >= 11 is 0. The van der Waals surface area contributed by atoms with Crippen molar-refractivity contribution in [3.05, 3.63) is 18.3 Å². The highest BCUT2D eigenvalue weighted by Crippen LogP contribution is 2.35. The predicted molar refractivity (Wildman–Crippen MR) is 68.3 cm³/mol. The minimum Gasteiger partial charge on any atom is -0.481 e. The molecule has 2 unspecified atom stereocenters. The van der Waals surface area contributed by atoms with Gasteiger partial charge in [-0.25, -0.2) is 4.98 Å². The van der Waals surface area contributed by atoms with Crippen molar-refractivity contribution in [1.29, 1.82) is 0 Å². The molecule has 0 saturated heterocycles. The zero-order chi connectivity index (χ0) is 16.3. The van der Waals surface area contributed by atoms with Crippen LogP contribution < -0.4 is 10.1 Å². The Kier molecular flexibility index (Phi) is 4.53. The number of ether oxygens (including phenoxy) is 1. The maximum atomic E-state index is 12.0. The molecule has 1 amide bonds. The lowest BCUT2D eigenvalue weighted by Gasteiger charge is -2.31. The smallest absolute Gasteiger partial charge is 0.422 e. The van der Waals surface area contributed by atoms with Crippen LogP contribution in [0.25, 0.3) is 0 Å². The van der Waals surface area contributed by atoms with Gasteiger partial charge >= 0.3 is 12.1 Å². The lowest BCUT2D eigenvalue weighted by Crippen LogP contribution is -2.41. The molecule has 1 aromatic heterocycles. The summed E-state index contributed by atoms with van der Waals surface area (Å²) < 4.78 is 40.3. The van der Waals surface area contributed by atoms with E-state index in [-0.39, 0.29) is 11.6 Å². The van der Waals surface area contributed by atoms with E-state index in [9.17, 15) is 22.8 Å². The average Bonchev–Trinajstić information content (AvgIpc) is 2.34. The zero-order valence-corrected chi connectivity index (χ0v) is 11.3. The van der Waals surface area contributed by atoms with E-state index in [0.717, 1.165) is 6.20 Å². The van der Waals surface area contributed by atoms with Crippen LogP contribution in [0.2, 0.25) is 0 Å². The molecule has 9 heteroatoms. The maximum Gasteiger partial charge on any atom is 0.422 e. The molecule has 0 aromatic carbocycles. The number of alkyl halides is 3. The second-order valence-electron chi connectivity index (χ2n) is 4.91. The number of aromatic nitrogens is 1. The molecule has 2 rings (SSSR count). The number of nitrogens with zero attached hydrogens (tertiary/aromatic N) is 1. The topological polar surface area (TPSA) is 88.5 Å². The summed E-state index contributed by atoms with van der Waals surface area (Å²) in [7, 11) is 0. The molecule has 1 fully saturated rings. The number of amides is 1. The van der Waals surface area contributed by atoms with Gasteiger partial charge in [0.2, 0.25) is 11.8 Å². The minimum atomic E-state index is -4.45. The van der Waals surface area contributed by atoms with Crippen LogP contribution in [0.3, 0.4) is 0 Å². The van der Waals surface area contributed by atoms with Gasteiger partial charge in [-0.3, -0.25) is 9.59 Å². The van der Waals surface area contributed by atoms with Crippen LogP contribution in [-0.4, -0.2) is 34.8 Å². The summed E-state index contributed by atoms with van der Waals surface area (Å²) in [4.78, 5) is 26.4. The van der Waals surface area contributed by atoms with Crippen LogP contribution in [-0.2, 0) is 9.59 Å². The molecule has 2 N–H and O–H groups in total. The molecule has 0 bridgehead atoms. The summed E-state index contributed by atoms with van der Waals surface area (Å²) in [5.74, 6) is -2.96. The fourth-order valence-corrected chi connectivity index (χ4v) is 2.04. The highest BCUT2D eigenvalue weighted by Gasteiger charge is 2.41. The Morgan fingerprint density at radius 1 is 1.32 bits per heavy atom. The highest BCUT2D eigenvalue weighted by atomic mass is 19.4. The number of nitrogens with one attached hydrogen (secondary N) is 1. The van der Waals surface area contributed by atoms with Gasteiger partial charge in [0.25, 0.3) is 0 Å². The van der Waals surface area contributed by atoms with E-state index in [4.69, 9.17) is 5.11 Å². The Morgan fingerprint density at radius 3 is 2.45 bits per heavy atom. The number of aliphatic carboxylic acids is 1. The molecule has 22 heavy (non-hydrogen) atoms. The van der Waals surface area contributed by atoms with E-state index in [0.29, 0.717) is 12.8 Å². The van der Waals surface area contributed by atoms with Crippen molar-refractivity contribution in [3.8, 4) is 5.88 Å². The van der Waals surface area contributed by atoms with Gasteiger partial charge < -0.3 is 15.2 Å². The van der Waals surface area contributed by atoms with Crippen LogP contribution in [0, 0.1) is 11.8 Å². The molecule has 120 valence electrons. The molecule has 1 aliphatic rings. The Labute approximate surface area is 123 Å². The van der Waals surface area contributed by atoms with E-state index < -0.39 is 36.5 Å². The lowest BCUT2D eigenvalue weighted by molar-refractivity contribution is -0.154. The number of anilines is 1. The molecule has 1 saturated carbocycles. The molecular weight excluding hydrogens is 305 g/mol. The quantitative estimate of drug-likeness (QED) is 0.867. The van der Waals surface area contributed by atoms with Crippen LogP contribution >= 0.6 is 0 Å². The van der Waals surface area contributed by atoms with Gasteiger partial charge in [-0.05, 0) is 18.9 Å². The van der Waals surface area contributed by atoms with Gasteiger partial charge in [-0.2, -0.15) is 13.2 Å². The van der Waals surface area contributed by atoms with Crippen molar-refractivity contribution in [3.63, 3.8) is 0 Å². The molecule has 0 aliphatic heterocycles. The molecular formula is C13H13F3N2O4. The summed E-state index contributed by atoms with van der Waals surface area (Å²) in [6.07, 6.45) is -2.36. The summed E-state index contributed by atoms with van der Waals surface area (Å²) in [5, 5.41) is 11.4. The normalized spacial score (nSPS) is 20.9. The molecule has 6 nitrogen and oxygen atoms in total. The van der Waals surface area contributed by atoms with E-state index >= 15 is 0 Å². The Hall–Kier alpha value is -2.32. The van der Waals surface area contributed by atoms with E-state index in [1.54, 1.807) is 0 Å². The molecule has 1 aliphatic carbocycles. The fourth-order valence-electron chi connectivity index (χ4n) is 2.04. The summed E-state index contributed by atoms with van der Waals surface area (Å²) in [6.45, 7) is -1.45. The third-order valence-corrected chi connectivity index (χ3v) is 3.32. The van der Waals surface area contributed by atoms with Crippen molar-refractivity contribution in [2.24, 2.45) is 11.8 Å². The first-order valence-electron chi connectivity index (χ1n) is 6.45. The van der Waals surface area contributed by atoms with Gasteiger partial charge in [0, 0.05) is 6.07 Å². The van der Waals surface area contributed by atoms with Crippen LogP contribution in [0.4, 0.5) is 18.9 Å². The molecule has 1 heterocycles. The number of rotatable bonds is 5. The number of pyridine rings is 1. The van der Waals surface area contributed by atoms with E-state index in [1.807, 2.05) is 0 Å². The zero-order valence-electron chi connectivity index (χ0n) is 11.3. The van der Waals surface area contributed by atoms with Gasteiger partial charge in [-0.15, -0.1) is 0 Å². The number of hydrogen-bond acceptors (Lipinski definition) is 4. The number of carbonyl (C=O) groups excluding carboxylic acids is 1. The van der Waals surface area contributed by atoms with E-state index in [1.165, 1.54) is 12.1 Å². The first-order valence-corrected chi connectivity index (χ1v) is 6.45. The first kappa shape index (κ1) is 16.1. The monoisotopic (exact) mass is 318 g/mol. The third-order valence-electron chi connectivity index (χ3n) is 3.32. The van der Waals surface area contributed by atoms with Crippen LogP contribution in [0.1, 0.15) is 12.8 Å². The second kappa shape index (κ2) is 6.20. The lowest BCUT2D eigenvalue weighted by atomic mass is 9.73. The molecule has 0 spiro atoms. The molecule has 0 radical (unpaired) electrons. The number of halogens is 3. The maximum absolute atomic E-state index is 12.0. The largest absolute Gasteiger partial charge is 0.481 e. The van der Waals surface area contributed by atoms with Crippen molar-refractivity contribution in [2.75, 3.05) is 11.9 Å². The van der Waals surface area contributed by atoms with Crippen LogP contribution in [0.5, 0.6) is 5.88 Å². The second-order valence-corrected chi connectivity index (χ2v) is 4.91. The van der Waals surface area contributed by atoms with Crippen molar-refractivity contribution >= 4 is 17.6 Å². The number of carboxylic acid groups (broad SMARTS) is 1. The fraction of sp³-hybridized carbons (Fsp3) is 0.462. The van der Waals surface area contributed by atoms with Gasteiger partial charge in [0.15, 0.2) is 6.61 Å². The molecule has 1 aromatic rings. The average molecular weight is 318 g/mol. The van der Waals surface area contributed by atoms with Crippen LogP contribution in [0.15, 0.2) is 18.3 Å². The predicted octanol–water partition coefficient (Wildman–Crippen LogP) is 2.07. The highest BCUT2D eigenvalue weighted by molar-refractivity contribution is 5.95. The van der Waals surface area contributed by atoms with Crippen molar-refractivity contribution in [1.82, 2.24) is 4.98 Å². The SMILES string of the molecule is O=C(O)C1CCC1C(=O)Nc1ccc(OCC(F)(F)F)nc1. The van der Waals surface area contributed by atoms with Gasteiger partial charge in [0.1, 0.15) is 0 Å². The Bertz CT molecular complexity index is 559. The number of hydrogen-bond donors (Lipinski definition) is 2. The summed E-state index contributed by atoms with van der Waals surface area (Å²) in [6, 6.07) is 2.53.